The van der Waals surface area contributed by atoms with Gasteiger partial charge in [0.2, 0.25) is 0 Å². The van der Waals surface area contributed by atoms with Gasteiger partial charge in [0.25, 0.3) is 5.91 Å². The molecule has 0 bridgehead atoms. The van der Waals surface area contributed by atoms with Crippen LogP contribution in [0, 0.1) is 6.92 Å². The maximum absolute atomic E-state index is 12.9. The zero-order valence-corrected chi connectivity index (χ0v) is 16.1. The average Bonchev–Trinajstić information content (AvgIpc) is 2.69. The molecule has 1 N–H and O–H groups in total. The number of anilines is 1. The van der Waals surface area contributed by atoms with Gasteiger partial charge in [-0.05, 0) is 43.7 Å². The second-order valence-corrected chi connectivity index (χ2v) is 6.52. The Morgan fingerprint density at radius 3 is 2.36 bits per heavy atom. The predicted molar refractivity (Wildman–Crippen MR) is 111 cm³/mol. The smallest absolute Gasteiger partial charge is 0.259 e. The third-order valence-corrected chi connectivity index (χ3v) is 4.35. The van der Waals surface area contributed by atoms with E-state index >= 15 is 0 Å². The summed E-state index contributed by atoms with van der Waals surface area (Å²) in [6.07, 6.45) is 0.282. The normalized spacial score (nSPS) is 10.4. The molecule has 0 saturated carbocycles. The van der Waals surface area contributed by atoms with Crippen LogP contribution in [0.5, 0.6) is 5.75 Å². The molecule has 142 valence electrons. The molecule has 0 aromatic heterocycles. The number of benzene rings is 3. The lowest BCUT2D eigenvalue weighted by molar-refractivity contribution is 0.0994. The average molecular weight is 373 g/mol. The van der Waals surface area contributed by atoms with Gasteiger partial charge in [-0.2, -0.15) is 0 Å². The number of ether oxygens (including phenoxy) is 1. The lowest BCUT2D eigenvalue weighted by atomic mass is 10.00. The number of ketones is 1. The highest BCUT2D eigenvalue weighted by Crippen LogP contribution is 2.22. The Hall–Kier alpha value is -3.40. The van der Waals surface area contributed by atoms with Crippen molar-refractivity contribution in [3.63, 3.8) is 0 Å². The van der Waals surface area contributed by atoms with Crippen LogP contribution in [-0.4, -0.2) is 18.3 Å². The maximum Gasteiger partial charge on any atom is 0.259 e. The van der Waals surface area contributed by atoms with Crippen LogP contribution in [0.4, 0.5) is 5.69 Å². The molecule has 0 heterocycles. The summed E-state index contributed by atoms with van der Waals surface area (Å²) in [4.78, 5) is 25.6. The molecule has 0 unspecified atom stereocenters. The summed E-state index contributed by atoms with van der Waals surface area (Å²) >= 11 is 0. The van der Waals surface area contributed by atoms with Gasteiger partial charge in [-0.15, -0.1) is 0 Å². The Labute approximate surface area is 165 Å². The fourth-order valence-electron chi connectivity index (χ4n) is 3.06. The van der Waals surface area contributed by atoms with Crippen molar-refractivity contribution in [1.82, 2.24) is 0 Å². The Morgan fingerprint density at radius 2 is 1.61 bits per heavy atom. The van der Waals surface area contributed by atoms with Gasteiger partial charge in [0.1, 0.15) is 5.75 Å². The van der Waals surface area contributed by atoms with Crippen molar-refractivity contribution in [1.29, 1.82) is 0 Å². The number of rotatable bonds is 7. The van der Waals surface area contributed by atoms with E-state index in [2.05, 4.69) is 5.32 Å². The number of hydrogen-bond acceptors (Lipinski definition) is 3. The van der Waals surface area contributed by atoms with Gasteiger partial charge in [0, 0.05) is 12.0 Å². The number of Topliss-reactive ketones (excluding diaryl/α,β-unsaturated/α-hetero) is 1. The summed E-state index contributed by atoms with van der Waals surface area (Å²) in [7, 11) is 0. The summed E-state index contributed by atoms with van der Waals surface area (Å²) in [5, 5.41) is 2.86. The fraction of sp³-hybridized carbons (Fsp3) is 0.167. The molecule has 0 atom stereocenters. The first-order chi connectivity index (χ1) is 13.6. The highest BCUT2D eigenvalue weighted by molar-refractivity contribution is 6.10. The van der Waals surface area contributed by atoms with Gasteiger partial charge < -0.3 is 10.1 Å². The first-order valence-electron chi connectivity index (χ1n) is 9.29. The first-order valence-corrected chi connectivity index (χ1v) is 9.29. The summed E-state index contributed by atoms with van der Waals surface area (Å²) in [6.45, 7) is 4.34. The molecule has 0 radical (unpaired) electrons. The van der Waals surface area contributed by atoms with Crippen molar-refractivity contribution in [2.24, 2.45) is 0 Å². The van der Waals surface area contributed by atoms with Crippen LogP contribution < -0.4 is 10.1 Å². The van der Waals surface area contributed by atoms with Crippen LogP contribution >= 0.6 is 0 Å². The minimum atomic E-state index is -0.306. The Kier molecular flexibility index (Phi) is 6.22. The van der Waals surface area contributed by atoms with Gasteiger partial charge in [0.15, 0.2) is 5.78 Å². The molecule has 28 heavy (non-hydrogen) atoms. The number of hydrogen-bond donors (Lipinski definition) is 1. The molecule has 0 fully saturated rings. The minimum Gasteiger partial charge on any atom is -0.493 e. The molecule has 3 rings (SSSR count). The molecule has 4 heteroatoms. The van der Waals surface area contributed by atoms with E-state index in [9.17, 15) is 9.59 Å². The Morgan fingerprint density at radius 1 is 0.893 bits per heavy atom. The SMILES string of the molecule is CCOc1ccccc1C(=O)Nc1ccccc1C(=O)Cc1cccc(C)c1. The van der Waals surface area contributed by atoms with Crippen LogP contribution in [0.25, 0.3) is 0 Å². The van der Waals surface area contributed by atoms with E-state index < -0.39 is 0 Å². The van der Waals surface area contributed by atoms with Gasteiger partial charge in [0.05, 0.1) is 17.9 Å². The second-order valence-electron chi connectivity index (χ2n) is 6.52. The summed E-state index contributed by atoms with van der Waals surface area (Å²) in [5.74, 6) is 0.172. The third-order valence-electron chi connectivity index (χ3n) is 4.35. The van der Waals surface area contributed by atoms with Crippen LogP contribution in [-0.2, 0) is 6.42 Å². The van der Waals surface area contributed by atoms with Crippen molar-refractivity contribution in [2.45, 2.75) is 20.3 Å². The van der Waals surface area contributed by atoms with Crippen molar-refractivity contribution < 1.29 is 14.3 Å². The number of amides is 1. The van der Waals surface area contributed by atoms with E-state index in [0.717, 1.165) is 11.1 Å². The largest absolute Gasteiger partial charge is 0.493 e. The summed E-state index contributed by atoms with van der Waals surface area (Å²) < 4.78 is 5.54. The zero-order valence-electron chi connectivity index (χ0n) is 16.1. The molecule has 0 saturated heterocycles. The molecule has 3 aromatic carbocycles. The Bertz CT molecular complexity index is 994. The zero-order chi connectivity index (χ0) is 19.9. The van der Waals surface area contributed by atoms with Gasteiger partial charge in [-0.3, -0.25) is 9.59 Å². The number of nitrogens with one attached hydrogen (secondary N) is 1. The molecule has 0 aliphatic heterocycles. The van der Waals surface area contributed by atoms with Gasteiger partial charge in [-0.25, -0.2) is 0 Å². The summed E-state index contributed by atoms with van der Waals surface area (Å²) in [5.41, 5.74) is 3.49. The van der Waals surface area contributed by atoms with Gasteiger partial charge in [-0.1, -0.05) is 54.1 Å². The van der Waals surface area contributed by atoms with Crippen molar-refractivity contribution in [3.05, 3.63) is 95.1 Å². The van der Waals surface area contributed by atoms with Crippen molar-refractivity contribution in [3.8, 4) is 5.75 Å². The lowest BCUT2D eigenvalue weighted by Crippen LogP contribution is -2.16. The highest BCUT2D eigenvalue weighted by Gasteiger charge is 2.17. The van der Waals surface area contributed by atoms with E-state index in [1.807, 2.05) is 44.2 Å². The number of carbonyl (C=O) groups excluding carboxylic acids is 2. The van der Waals surface area contributed by atoms with Crippen LogP contribution in [0.3, 0.4) is 0 Å². The number of carbonyl (C=O) groups is 2. The molecular weight excluding hydrogens is 350 g/mol. The standard InChI is InChI=1S/C24H23NO3/c1-3-28-23-14-7-5-12-20(23)24(27)25-21-13-6-4-11-19(21)22(26)16-18-10-8-9-17(2)15-18/h4-15H,3,16H2,1-2H3,(H,25,27). The van der Waals surface area contributed by atoms with E-state index in [-0.39, 0.29) is 18.1 Å². The molecule has 0 spiro atoms. The van der Waals surface area contributed by atoms with Crippen LogP contribution in [0.15, 0.2) is 72.8 Å². The van der Waals surface area contributed by atoms with Crippen molar-refractivity contribution >= 4 is 17.4 Å². The van der Waals surface area contributed by atoms with Crippen LogP contribution in [0.1, 0.15) is 38.8 Å². The predicted octanol–water partition coefficient (Wildman–Crippen LogP) is 5.07. The topological polar surface area (TPSA) is 55.4 Å². The molecular formula is C24H23NO3. The summed E-state index contributed by atoms with van der Waals surface area (Å²) in [6, 6.07) is 22.0. The van der Waals surface area contributed by atoms with E-state index in [1.165, 1.54) is 0 Å². The van der Waals surface area contributed by atoms with Gasteiger partial charge >= 0.3 is 0 Å². The second kappa shape index (κ2) is 9.00. The maximum atomic E-state index is 12.9. The monoisotopic (exact) mass is 373 g/mol. The third kappa shape index (κ3) is 4.65. The molecule has 4 nitrogen and oxygen atoms in total. The fourth-order valence-corrected chi connectivity index (χ4v) is 3.06. The quantitative estimate of drug-likeness (QED) is 0.588. The molecule has 1 amide bonds. The van der Waals surface area contributed by atoms with E-state index in [4.69, 9.17) is 4.74 Å². The molecule has 3 aromatic rings. The number of aryl methyl sites for hydroxylation is 1. The number of para-hydroxylation sites is 2. The molecule has 0 aliphatic rings. The van der Waals surface area contributed by atoms with Crippen molar-refractivity contribution in [2.75, 3.05) is 11.9 Å². The lowest BCUT2D eigenvalue weighted by Gasteiger charge is -2.13. The van der Waals surface area contributed by atoms with E-state index in [1.54, 1.807) is 42.5 Å². The van der Waals surface area contributed by atoms with E-state index in [0.29, 0.717) is 29.2 Å². The first kappa shape index (κ1) is 19.4. The Balaban J connectivity index is 1.82. The highest BCUT2D eigenvalue weighted by atomic mass is 16.5. The minimum absolute atomic E-state index is 0.0420. The van der Waals surface area contributed by atoms with Crippen LogP contribution in [0.2, 0.25) is 0 Å². The molecule has 0 aliphatic carbocycles.